The number of fused-ring (bicyclic) bond motifs is 1. The largest absolute Gasteiger partial charge is 0.369 e. The van der Waals surface area contributed by atoms with Crippen molar-refractivity contribution in [3.05, 3.63) is 30.1 Å². The first kappa shape index (κ1) is 13.8. The van der Waals surface area contributed by atoms with Gasteiger partial charge in [-0.3, -0.25) is 4.79 Å². The number of hydrogen-bond donors (Lipinski definition) is 2. The third-order valence-electron chi connectivity index (χ3n) is 4.24. The highest BCUT2D eigenvalue weighted by Crippen LogP contribution is 2.29. The van der Waals surface area contributed by atoms with Crippen LogP contribution < -0.4 is 11.1 Å². The molecule has 0 saturated heterocycles. The average Bonchev–Trinajstić information content (AvgIpc) is 2.48. The van der Waals surface area contributed by atoms with Crippen molar-refractivity contribution in [2.24, 2.45) is 11.7 Å². The van der Waals surface area contributed by atoms with Crippen molar-refractivity contribution in [2.75, 3.05) is 5.32 Å². The molecule has 2 unspecified atom stereocenters. The van der Waals surface area contributed by atoms with E-state index in [2.05, 4.69) is 21.4 Å². The topological polar surface area (TPSA) is 80.9 Å². The molecule has 0 radical (unpaired) electrons. The van der Waals surface area contributed by atoms with Crippen LogP contribution in [0.25, 0.3) is 10.9 Å². The number of anilines is 1. The molecule has 1 aromatic heterocycles. The van der Waals surface area contributed by atoms with Gasteiger partial charge in [0, 0.05) is 11.4 Å². The molecule has 110 valence electrons. The number of nitrogens with two attached hydrogens (primary N) is 1. The SMILES string of the molecule is Cc1ccc2ncnc(NC3CCCCC3C(N)=O)c2c1. The van der Waals surface area contributed by atoms with Gasteiger partial charge in [-0.1, -0.05) is 24.5 Å². The maximum atomic E-state index is 11.6. The fourth-order valence-electron chi connectivity index (χ4n) is 3.11. The van der Waals surface area contributed by atoms with Gasteiger partial charge in [0.2, 0.25) is 5.91 Å². The van der Waals surface area contributed by atoms with E-state index in [9.17, 15) is 4.79 Å². The number of aromatic nitrogens is 2. The molecule has 21 heavy (non-hydrogen) atoms. The van der Waals surface area contributed by atoms with Crippen molar-refractivity contribution in [2.45, 2.75) is 38.6 Å². The lowest BCUT2D eigenvalue weighted by molar-refractivity contribution is -0.122. The molecule has 5 nitrogen and oxygen atoms in total. The molecule has 0 spiro atoms. The number of amides is 1. The van der Waals surface area contributed by atoms with Crippen LogP contribution in [-0.2, 0) is 4.79 Å². The monoisotopic (exact) mass is 284 g/mol. The van der Waals surface area contributed by atoms with Crippen LogP contribution in [0.3, 0.4) is 0 Å². The Labute approximate surface area is 124 Å². The molecule has 0 bridgehead atoms. The Hall–Kier alpha value is -2.17. The number of aryl methyl sites for hydroxylation is 1. The smallest absolute Gasteiger partial charge is 0.222 e. The van der Waals surface area contributed by atoms with Crippen LogP contribution in [0.15, 0.2) is 24.5 Å². The van der Waals surface area contributed by atoms with E-state index in [1.807, 2.05) is 19.1 Å². The molecule has 5 heteroatoms. The predicted molar refractivity (Wildman–Crippen MR) is 82.8 cm³/mol. The van der Waals surface area contributed by atoms with Crippen molar-refractivity contribution < 1.29 is 4.79 Å². The zero-order valence-electron chi connectivity index (χ0n) is 12.2. The highest BCUT2D eigenvalue weighted by molar-refractivity contribution is 5.89. The lowest BCUT2D eigenvalue weighted by Gasteiger charge is -2.30. The molecule has 2 atom stereocenters. The van der Waals surface area contributed by atoms with Gasteiger partial charge in [0.15, 0.2) is 0 Å². The molecule has 1 amide bonds. The number of carbonyl (C=O) groups is 1. The number of primary amides is 1. The molecule has 3 rings (SSSR count). The second-order valence-corrected chi connectivity index (χ2v) is 5.79. The van der Waals surface area contributed by atoms with Crippen molar-refractivity contribution in [1.29, 1.82) is 0 Å². The molecule has 3 N–H and O–H groups in total. The standard InChI is InChI=1S/C16H20N4O/c1-10-6-7-13-12(8-10)16(19-9-18-13)20-14-5-3-2-4-11(14)15(17)21/h6-9,11,14H,2-5H2,1H3,(H2,17,21)(H,18,19,20). The number of carbonyl (C=O) groups excluding carboxylic acids is 1. The van der Waals surface area contributed by atoms with E-state index in [0.29, 0.717) is 0 Å². The number of hydrogen-bond acceptors (Lipinski definition) is 4. The first-order chi connectivity index (χ1) is 10.1. The first-order valence-electron chi connectivity index (χ1n) is 7.42. The normalized spacial score (nSPS) is 22.1. The molecule has 1 heterocycles. The molecular formula is C16H20N4O. The third kappa shape index (κ3) is 2.82. The molecule has 0 aliphatic heterocycles. The summed E-state index contributed by atoms with van der Waals surface area (Å²) in [5.41, 5.74) is 7.61. The summed E-state index contributed by atoms with van der Waals surface area (Å²) in [4.78, 5) is 20.3. The average molecular weight is 284 g/mol. The highest BCUT2D eigenvalue weighted by Gasteiger charge is 2.29. The maximum Gasteiger partial charge on any atom is 0.222 e. The predicted octanol–water partition coefficient (Wildman–Crippen LogP) is 2.39. The van der Waals surface area contributed by atoms with Crippen LogP contribution in [0.5, 0.6) is 0 Å². The summed E-state index contributed by atoms with van der Waals surface area (Å²) in [5, 5.41) is 4.42. The van der Waals surface area contributed by atoms with Gasteiger partial charge in [0.1, 0.15) is 12.1 Å². The van der Waals surface area contributed by atoms with E-state index in [1.54, 1.807) is 6.33 Å². The second kappa shape index (κ2) is 5.68. The maximum absolute atomic E-state index is 11.6. The van der Waals surface area contributed by atoms with Crippen molar-refractivity contribution in [3.8, 4) is 0 Å². The first-order valence-corrected chi connectivity index (χ1v) is 7.42. The van der Waals surface area contributed by atoms with Gasteiger partial charge in [0.05, 0.1) is 11.4 Å². The quantitative estimate of drug-likeness (QED) is 0.906. The van der Waals surface area contributed by atoms with Gasteiger partial charge in [-0.15, -0.1) is 0 Å². The van der Waals surface area contributed by atoms with Crippen LogP contribution in [0.4, 0.5) is 5.82 Å². The number of rotatable bonds is 3. The Morgan fingerprint density at radius 3 is 2.90 bits per heavy atom. The Morgan fingerprint density at radius 2 is 2.10 bits per heavy atom. The van der Waals surface area contributed by atoms with Crippen molar-refractivity contribution in [3.63, 3.8) is 0 Å². The summed E-state index contributed by atoms with van der Waals surface area (Å²) >= 11 is 0. The van der Waals surface area contributed by atoms with Gasteiger partial charge in [-0.25, -0.2) is 9.97 Å². The zero-order chi connectivity index (χ0) is 14.8. The molecule has 1 fully saturated rings. The third-order valence-corrected chi connectivity index (χ3v) is 4.24. The lowest BCUT2D eigenvalue weighted by Crippen LogP contribution is -2.40. The number of nitrogens with one attached hydrogen (secondary N) is 1. The van der Waals surface area contributed by atoms with Crippen LogP contribution >= 0.6 is 0 Å². The fraction of sp³-hybridized carbons (Fsp3) is 0.438. The van der Waals surface area contributed by atoms with Crippen molar-refractivity contribution in [1.82, 2.24) is 9.97 Å². The molecule has 1 saturated carbocycles. The van der Waals surface area contributed by atoms with Gasteiger partial charge >= 0.3 is 0 Å². The van der Waals surface area contributed by atoms with E-state index in [4.69, 9.17) is 5.73 Å². The Balaban J connectivity index is 1.93. The number of benzene rings is 1. The van der Waals surface area contributed by atoms with E-state index in [1.165, 1.54) is 0 Å². The minimum Gasteiger partial charge on any atom is -0.369 e. The molecule has 1 aromatic carbocycles. The van der Waals surface area contributed by atoms with E-state index >= 15 is 0 Å². The van der Waals surface area contributed by atoms with E-state index in [0.717, 1.165) is 48.0 Å². The van der Waals surface area contributed by atoms with Crippen LogP contribution in [-0.4, -0.2) is 21.9 Å². The Morgan fingerprint density at radius 1 is 1.29 bits per heavy atom. The Bertz CT molecular complexity index is 670. The lowest BCUT2D eigenvalue weighted by atomic mass is 9.84. The summed E-state index contributed by atoms with van der Waals surface area (Å²) in [6, 6.07) is 6.16. The Kier molecular flexibility index (Phi) is 3.73. The van der Waals surface area contributed by atoms with E-state index < -0.39 is 0 Å². The van der Waals surface area contributed by atoms with E-state index in [-0.39, 0.29) is 17.9 Å². The van der Waals surface area contributed by atoms with Crippen molar-refractivity contribution >= 4 is 22.6 Å². The molecular weight excluding hydrogens is 264 g/mol. The molecule has 1 aliphatic carbocycles. The summed E-state index contributed by atoms with van der Waals surface area (Å²) in [7, 11) is 0. The van der Waals surface area contributed by atoms with Crippen LogP contribution in [0, 0.1) is 12.8 Å². The molecule has 2 aromatic rings. The van der Waals surface area contributed by atoms with Crippen LogP contribution in [0.1, 0.15) is 31.2 Å². The summed E-state index contributed by atoms with van der Waals surface area (Å²) < 4.78 is 0. The highest BCUT2D eigenvalue weighted by atomic mass is 16.1. The summed E-state index contributed by atoms with van der Waals surface area (Å²) in [5.74, 6) is 0.456. The minimum atomic E-state index is -0.221. The fourth-order valence-corrected chi connectivity index (χ4v) is 3.11. The zero-order valence-corrected chi connectivity index (χ0v) is 12.2. The summed E-state index contributed by atoms with van der Waals surface area (Å²) in [6.07, 6.45) is 5.54. The van der Waals surface area contributed by atoms with Gasteiger partial charge in [-0.2, -0.15) is 0 Å². The van der Waals surface area contributed by atoms with Crippen LogP contribution in [0.2, 0.25) is 0 Å². The minimum absolute atomic E-state index is 0.0647. The van der Waals surface area contributed by atoms with Gasteiger partial charge in [0.25, 0.3) is 0 Å². The second-order valence-electron chi connectivity index (χ2n) is 5.79. The number of nitrogens with zero attached hydrogens (tertiary/aromatic N) is 2. The molecule has 1 aliphatic rings. The van der Waals surface area contributed by atoms with Gasteiger partial charge in [-0.05, 0) is 31.9 Å². The summed E-state index contributed by atoms with van der Waals surface area (Å²) in [6.45, 7) is 2.04. The van der Waals surface area contributed by atoms with Gasteiger partial charge < -0.3 is 11.1 Å².